The van der Waals surface area contributed by atoms with Gasteiger partial charge in [0.15, 0.2) is 0 Å². The van der Waals surface area contributed by atoms with Gasteiger partial charge >= 0.3 is 0 Å². The minimum Gasteiger partial charge on any atom is -0.491 e. The molecule has 1 aromatic heterocycles. The molecule has 0 bridgehead atoms. The van der Waals surface area contributed by atoms with Crippen molar-refractivity contribution in [3.63, 3.8) is 0 Å². The van der Waals surface area contributed by atoms with Crippen LogP contribution in [-0.2, 0) is 11.2 Å². The van der Waals surface area contributed by atoms with Gasteiger partial charge in [0.1, 0.15) is 24.7 Å². The largest absolute Gasteiger partial charge is 0.491 e. The van der Waals surface area contributed by atoms with E-state index in [-0.39, 0.29) is 24.1 Å². The number of hydrogen-bond donors (Lipinski definition) is 0. The van der Waals surface area contributed by atoms with E-state index in [0.29, 0.717) is 25.6 Å². The molecule has 2 amide bonds. The van der Waals surface area contributed by atoms with Gasteiger partial charge < -0.3 is 14.5 Å². The Morgan fingerprint density at radius 1 is 1.11 bits per heavy atom. The molecule has 182 valence electrons. The van der Waals surface area contributed by atoms with E-state index in [9.17, 15) is 14.0 Å². The van der Waals surface area contributed by atoms with Crippen LogP contribution >= 0.6 is 11.3 Å². The molecule has 1 fully saturated rings. The van der Waals surface area contributed by atoms with Gasteiger partial charge in [-0.2, -0.15) is 0 Å². The Morgan fingerprint density at radius 3 is 2.63 bits per heavy atom. The molecular weight excluding hydrogens is 463 g/mol. The second-order valence-corrected chi connectivity index (χ2v) is 10.4. The summed E-state index contributed by atoms with van der Waals surface area (Å²) in [7, 11) is 0. The van der Waals surface area contributed by atoms with Gasteiger partial charge in [0.25, 0.3) is 5.91 Å². The van der Waals surface area contributed by atoms with Crippen molar-refractivity contribution in [3.8, 4) is 5.75 Å². The Labute approximate surface area is 209 Å². The first kappa shape index (κ1) is 23.5. The van der Waals surface area contributed by atoms with Crippen molar-refractivity contribution in [3.05, 3.63) is 87.4 Å². The summed E-state index contributed by atoms with van der Waals surface area (Å²) in [5.41, 5.74) is 2.28. The molecule has 1 saturated carbocycles. The highest BCUT2D eigenvalue weighted by molar-refractivity contribution is 7.10. The maximum absolute atomic E-state index is 14.4. The number of amides is 2. The number of carbonyl (C=O) groups is 2. The van der Waals surface area contributed by atoms with Gasteiger partial charge in [-0.3, -0.25) is 9.59 Å². The SMILES string of the molecule is Cc1ccc(OC[C@H]2c3ccsc3CCN2C(=O)CN(CC2CC2)C(=O)c2ccccc2F)cc1. The molecule has 2 aliphatic rings. The lowest BCUT2D eigenvalue weighted by Gasteiger charge is -2.37. The second-order valence-electron chi connectivity index (χ2n) is 9.39. The molecule has 2 heterocycles. The molecule has 0 unspecified atom stereocenters. The Bertz CT molecular complexity index is 1200. The molecular formula is C28H29FN2O3S. The zero-order valence-corrected chi connectivity index (χ0v) is 20.6. The van der Waals surface area contributed by atoms with E-state index in [1.807, 2.05) is 36.1 Å². The van der Waals surface area contributed by atoms with Crippen LogP contribution in [0.4, 0.5) is 4.39 Å². The maximum Gasteiger partial charge on any atom is 0.257 e. The third-order valence-corrected chi connectivity index (χ3v) is 7.73. The average Bonchev–Trinajstić information content (AvgIpc) is 3.55. The predicted molar refractivity (Wildman–Crippen MR) is 134 cm³/mol. The van der Waals surface area contributed by atoms with E-state index < -0.39 is 11.7 Å². The normalized spacial score (nSPS) is 17.1. The van der Waals surface area contributed by atoms with Gasteiger partial charge in [-0.05, 0) is 73.4 Å². The number of fused-ring (bicyclic) bond motifs is 1. The summed E-state index contributed by atoms with van der Waals surface area (Å²) in [4.78, 5) is 31.5. The first-order valence-electron chi connectivity index (χ1n) is 12.1. The molecule has 0 N–H and O–H groups in total. The van der Waals surface area contributed by atoms with E-state index >= 15 is 0 Å². The maximum atomic E-state index is 14.4. The fourth-order valence-corrected chi connectivity index (χ4v) is 5.50. The molecule has 5 rings (SSSR count). The Hall–Kier alpha value is -3.19. The smallest absolute Gasteiger partial charge is 0.257 e. The van der Waals surface area contributed by atoms with Crippen LogP contribution in [0.5, 0.6) is 5.75 Å². The van der Waals surface area contributed by atoms with Crippen LogP contribution in [0.3, 0.4) is 0 Å². The van der Waals surface area contributed by atoms with Crippen molar-refractivity contribution >= 4 is 23.2 Å². The van der Waals surface area contributed by atoms with Crippen molar-refractivity contribution in [2.45, 2.75) is 32.2 Å². The number of thiophene rings is 1. The number of carbonyl (C=O) groups excluding carboxylic acids is 2. The molecule has 0 spiro atoms. The lowest BCUT2D eigenvalue weighted by atomic mass is 10.00. The summed E-state index contributed by atoms with van der Waals surface area (Å²) >= 11 is 1.70. The molecule has 7 heteroatoms. The fraction of sp³-hybridized carbons (Fsp3) is 0.357. The topological polar surface area (TPSA) is 49.9 Å². The van der Waals surface area contributed by atoms with Gasteiger partial charge in [-0.15, -0.1) is 11.3 Å². The monoisotopic (exact) mass is 492 g/mol. The zero-order chi connectivity index (χ0) is 24.4. The molecule has 1 aliphatic heterocycles. The summed E-state index contributed by atoms with van der Waals surface area (Å²) in [5, 5.41) is 2.05. The van der Waals surface area contributed by atoms with Gasteiger partial charge in [-0.1, -0.05) is 29.8 Å². The summed E-state index contributed by atoms with van der Waals surface area (Å²) in [6, 6.07) is 15.7. The molecule has 5 nitrogen and oxygen atoms in total. The first-order chi connectivity index (χ1) is 17.0. The number of halogens is 1. The minimum absolute atomic E-state index is 0.0129. The number of aryl methyl sites for hydroxylation is 1. The van der Waals surface area contributed by atoms with Gasteiger partial charge in [0.2, 0.25) is 5.91 Å². The molecule has 3 aromatic rings. The average molecular weight is 493 g/mol. The van der Waals surface area contributed by atoms with E-state index in [1.54, 1.807) is 23.5 Å². The van der Waals surface area contributed by atoms with Crippen LogP contribution in [0.1, 0.15) is 45.2 Å². The van der Waals surface area contributed by atoms with Crippen molar-refractivity contribution in [1.29, 1.82) is 0 Å². The molecule has 0 radical (unpaired) electrons. The van der Waals surface area contributed by atoms with Crippen LogP contribution < -0.4 is 4.74 Å². The fourth-order valence-electron chi connectivity index (χ4n) is 4.57. The summed E-state index contributed by atoms with van der Waals surface area (Å²) in [6.07, 6.45) is 2.85. The number of rotatable bonds is 8. The van der Waals surface area contributed by atoms with Crippen molar-refractivity contribution in [1.82, 2.24) is 9.80 Å². The van der Waals surface area contributed by atoms with Gasteiger partial charge in [-0.25, -0.2) is 4.39 Å². The summed E-state index contributed by atoms with van der Waals surface area (Å²) in [5.74, 6) is 0.0178. The lowest BCUT2D eigenvalue weighted by Crippen LogP contribution is -2.48. The standard InChI is InChI=1S/C28H29FN2O3S/c1-19-6-10-21(11-7-19)34-18-25-23-13-15-35-26(23)12-14-31(25)27(32)17-30(16-20-8-9-20)28(33)22-4-2-3-5-24(22)29/h2-7,10-11,13,15,20,25H,8-9,12,14,16-18H2,1H3/t25-/m0/s1. The number of ether oxygens (including phenoxy) is 1. The third-order valence-electron chi connectivity index (χ3n) is 6.74. The highest BCUT2D eigenvalue weighted by Gasteiger charge is 2.35. The predicted octanol–water partition coefficient (Wildman–Crippen LogP) is 5.25. The summed E-state index contributed by atoms with van der Waals surface area (Å²) in [6.45, 7) is 3.34. The summed E-state index contributed by atoms with van der Waals surface area (Å²) < 4.78 is 20.5. The third kappa shape index (κ3) is 5.40. The molecule has 0 saturated heterocycles. The van der Waals surface area contributed by atoms with Crippen molar-refractivity contribution in [2.24, 2.45) is 5.92 Å². The highest BCUT2D eigenvalue weighted by atomic mass is 32.1. The molecule has 1 aliphatic carbocycles. The highest BCUT2D eigenvalue weighted by Crippen LogP contribution is 2.35. The van der Waals surface area contributed by atoms with E-state index in [0.717, 1.165) is 36.1 Å². The van der Waals surface area contributed by atoms with E-state index in [2.05, 4.69) is 11.4 Å². The number of nitrogens with zero attached hydrogens (tertiary/aromatic N) is 2. The zero-order valence-electron chi connectivity index (χ0n) is 19.8. The van der Waals surface area contributed by atoms with E-state index in [4.69, 9.17) is 4.74 Å². The van der Waals surface area contributed by atoms with Crippen LogP contribution in [0.15, 0.2) is 60.0 Å². The van der Waals surface area contributed by atoms with Crippen LogP contribution in [-0.4, -0.2) is 47.9 Å². The van der Waals surface area contributed by atoms with Gasteiger partial charge in [0.05, 0.1) is 11.6 Å². The van der Waals surface area contributed by atoms with Crippen LogP contribution in [0, 0.1) is 18.7 Å². The van der Waals surface area contributed by atoms with Gasteiger partial charge in [0, 0.05) is 18.0 Å². The molecule has 1 atom stereocenters. The second kappa shape index (κ2) is 10.2. The molecule has 2 aromatic carbocycles. The number of hydrogen-bond acceptors (Lipinski definition) is 4. The number of benzene rings is 2. The van der Waals surface area contributed by atoms with Crippen molar-refractivity contribution < 1.29 is 18.7 Å². The van der Waals surface area contributed by atoms with Crippen LogP contribution in [0.2, 0.25) is 0 Å². The Kier molecular flexibility index (Phi) is 6.86. The van der Waals surface area contributed by atoms with E-state index in [1.165, 1.54) is 21.9 Å². The minimum atomic E-state index is -0.559. The van der Waals surface area contributed by atoms with Crippen molar-refractivity contribution in [2.75, 3.05) is 26.2 Å². The quantitative estimate of drug-likeness (QED) is 0.431. The first-order valence-corrected chi connectivity index (χ1v) is 13.0. The Morgan fingerprint density at radius 2 is 1.89 bits per heavy atom. The van der Waals surface area contributed by atoms with Crippen LogP contribution in [0.25, 0.3) is 0 Å². The molecule has 35 heavy (non-hydrogen) atoms. The Balaban J connectivity index is 1.34. The lowest BCUT2D eigenvalue weighted by molar-refractivity contribution is -0.135.